The van der Waals surface area contributed by atoms with Gasteiger partial charge in [0.1, 0.15) is 5.82 Å². The topological polar surface area (TPSA) is 34.4 Å². The number of rotatable bonds is 2. The van der Waals surface area contributed by atoms with Gasteiger partial charge < -0.3 is 4.40 Å². The Kier molecular flexibility index (Phi) is 1.69. The minimum absolute atomic E-state index is 0.104. The summed E-state index contributed by atoms with van der Waals surface area (Å²) in [5.74, 6) is 1.81. The van der Waals surface area contributed by atoms with Crippen molar-refractivity contribution in [3.8, 4) is 0 Å². The molecule has 2 heterocycles. The van der Waals surface area contributed by atoms with Crippen LogP contribution in [0.1, 0.15) is 41.9 Å². The van der Waals surface area contributed by atoms with Gasteiger partial charge in [-0.2, -0.15) is 0 Å². The molecule has 0 aliphatic heterocycles. The van der Waals surface area contributed by atoms with Crippen LogP contribution in [0.15, 0.2) is 24.5 Å². The van der Waals surface area contributed by atoms with E-state index in [-0.39, 0.29) is 5.78 Å². The van der Waals surface area contributed by atoms with Crippen LogP contribution < -0.4 is 0 Å². The highest BCUT2D eigenvalue weighted by Gasteiger charge is 2.27. The largest absolute Gasteiger partial charge is 0.303 e. The Labute approximate surface area is 87.7 Å². The molecule has 15 heavy (non-hydrogen) atoms. The summed E-state index contributed by atoms with van der Waals surface area (Å²) in [4.78, 5) is 15.7. The fourth-order valence-electron chi connectivity index (χ4n) is 1.86. The van der Waals surface area contributed by atoms with Crippen LogP contribution in [0, 0.1) is 0 Å². The maximum absolute atomic E-state index is 11.3. The number of aromatic nitrogens is 2. The van der Waals surface area contributed by atoms with E-state index in [0.29, 0.717) is 5.92 Å². The number of ketones is 1. The van der Waals surface area contributed by atoms with E-state index in [4.69, 9.17) is 0 Å². The van der Waals surface area contributed by atoms with Crippen LogP contribution in [-0.4, -0.2) is 15.2 Å². The summed E-state index contributed by atoms with van der Waals surface area (Å²) in [6.45, 7) is 1.59. The molecule has 0 amide bonds. The van der Waals surface area contributed by atoms with Crippen molar-refractivity contribution in [3.05, 3.63) is 35.9 Å². The van der Waals surface area contributed by atoms with E-state index in [9.17, 15) is 4.79 Å². The van der Waals surface area contributed by atoms with Gasteiger partial charge in [-0.1, -0.05) is 0 Å². The Hall–Kier alpha value is -1.64. The first-order valence-electron chi connectivity index (χ1n) is 5.23. The van der Waals surface area contributed by atoms with Crippen LogP contribution in [0.4, 0.5) is 0 Å². The first-order chi connectivity index (χ1) is 7.25. The van der Waals surface area contributed by atoms with E-state index in [1.54, 1.807) is 6.92 Å². The van der Waals surface area contributed by atoms with Gasteiger partial charge in [-0.15, -0.1) is 0 Å². The molecule has 0 unspecified atom stereocenters. The Morgan fingerprint density at radius 1 is 1.47 bits per heavy atom. The molecular formula is C12H12N2O. The van der Waals surface area contributed by atoms with E-state index in [2.05, 4.69) is 9.38 Å². The molecule has 1 aliphatic rings. The molecule has 3 nitrogen and oxygen atoms in total. The van der Waals surface area contributed by atoms with Gasteiger partial charge in [-0.05, 0) is 31.9 Å². The molecule has 0 radical (unpaired) electrons. The number of pyridine rings is 1. The molecule has 1 saturated carbocycles. The number of hydrogen-bond acceptors (Lipinski definition) is 2. The highest BCUT2D eigenvalue weighted by Crippen LogP contribution is 2.39. The number of nitrogens with zero attached hydrogens (tertiary/aromatic N) is 2. The second kappa shape index (κ2) is 2.92. The van der Waals surface area contributed by atoms with Gasteiger partial charge in [0.2, 0.25) is 0 Å². The number of Topliss-reactive ketones (excluding diaryl/α,β-unsaturated/α-hetero) is 1. The van der Waals surface area contributed by atoms with Gasteiger partial charge in [-0.3, -0.25) is 4.79 Å². The molecule has 3 rings (SSSR count). The van der Waals surface area contributed by atoms with E-state index in [1.165, 1.54) is 12.8 Å². The van der Waals surface area contributed by atoms with Crippen molar-refractivity contribution >= 4 is 11.3 Å². The summed E-state index contributed by atoms with van der Waals surface area (Å²) in [5.41, 5.74) is 1.82. The molecule has 0 atom stereocenters. The van der Waals surface area contributed by atoms with Crippen molar-refractivity contribution in [2.45, 2.75) is 25.7 Å². The Bertz CT molecular complexity index is 538. The summed E-state index contributed by atoms with van der Waals surface area (Å²) in [6.07, 6.45) is 6.22. The molecule has 76 valence electrons. The zero-order valence-electron chi connectivity index (χ0n) is 8.60. The van der Waals surface area contributed by atoms with E-state index < -0.39 is 0 Å². The van der Waals surface area contributed by atoms with Crippen molar-refractivity contribution in [1.82, 2.24) is 9.38 Å². The average Bonchev–Trinajstić information content (AvgIpc) is 2.98. The summed E-state index contributed by atoms with van der Waals surface area (Å²) >= 11 is 0. The predicted octanol–water partition coefficient (Wildman–Crippen LogP) is 2.41. The molecule has 1 fully saturated rings. The fourth-order valence-corrected chi connectivity index (χ4v) is 1.86. The molecular weight excluding hydrogens is 188 g/mol. The third-order valence-corrected chi connectivity index (χ3v) is 2.90. The van der Waals surface area contributed by atoms with Gasteiger partial charge in [0.05, 0.1) is 11.7 Å². The van der Waals surface area contributed by atoms with Gasteiger partial charge in [-0.25, -0.2) is 4.98 Å². The Balaban J connectivity index is 2.21. The lowest BCUT2D eigenvalue weighted by atomic mass is 10.2. The zero-order valence-corrected chi connectivity index (χ0v) is 8.60. The number of carbonyl (C=O) groups excluding carboxylic acids is 1. The third-order valence-electron chi connectivity index (χ3n) is 2.90. The third kappa shape index (κ3) is 1.35. The number of fused-ring (bicyclic) bond motifs is 1. The van der Waals surface area contributed by atoms with Crippen molar-refractivity contribution in [3.63, 3.8) is 0 Å². The maximum atomic E-state index is 11.3. The van der Waals surface area contributed by atoms with E-state index in [0.717, 1.165) is 16.9 Å². The molecule has 2 aromatic rings. The molecule has 3 heteroatoms. The summed E-state index contributed by atoms with van der Waals surface area (Å²) in [6, 6.07) is 3.81. The second-order valence-corrected chi connectivity index (χ2v) is 4.16. The molecule has 0 bridgehead atoms. The lowest BCUT2D eigenvalue weighted by molar-refractivity contribution is 0.101. The Morgan fingerprint density at radius 3 is 2.93 bits per heavy atom. The van der Waals surface area contributed by atoms with E-state index >= 15 is 0 Å². The quantitative estimate of drug-likeness (QED) is 0.698. The molecule has 0 aromatic carbocycles. The van der Waals surface area contributed by atoms with Gasteiger partial charge in [0, 0.05) is 17.7 Å². The number of imidazole rings is 1. The van der Waals surface area contributed by atoms with Gasteiger partial charge in [0.15, 0.2) is 5.78 Å². The predicted molar refractivity (Wildman–Crippen MR) is 57.2 cm³/mol. The second-order valence-electron chi connectivity index (χ2n) is 4.16. The van der Waals surface area contributed by atoms with Crippen molar-refractivity contribution in [2.75, 3.05) is 0 Å². The van der Waals surface area contributed by atoms with Crippen molar-refractivity contribution in [1.29, 1.82) is 0 Å². The molecule has 2 aromatic heterocycles. The van der Waals surface area contributed by atoms with Gasteiger partial charge in [0.25, 0.3) is 0 Å². The first-order valence-corrected chi connectivity index (χ1v) is 5.23. The highest BCUT2D eigenvalue weighted by atomic mass is 16.1. The molecule has 0 N–H and O–H groups in total. The maximum Gasteiger partial charge on any atom is 0.161 e. The van der Waals surface area contributed by atoms with Crippen molar-refractivity contribution in [2.24, 2.45) is 0 Å². The monoisotopic (exact) mass is 200 g/mol. The molecule has 0 spiro atoms. The first kappa shape index (κ1) is 8.65. The summed E-state index contributed by atoms with van der Waals surface area (Å²) < 4.78 is 2.05. The van der Waals surface area contributed by atoms with Crippen LogP contribution in [-0.2, 0) is 0 Å². The minimum atomic E-state index is 0.104. The number of hydrogen-bond donors (Lipinski definition) is 0. The fraction of sp³-hybridized carbons (Fsp3) is 0.333. The molecule has 1 aliphatic carbocycles. The van der Waals surface area contributed by atoms with E-state index in [1.807, 2.05) is 24.5 Å². The summed E-state index contributed by atoms with van der Waals surface area (Å²) in [7, 11) is 0. The lowest BCUT2D eigenvalue weighted by Gasteiger charge is -2.01. The SMILES string of the molecule is CC(=O)c1ccc2cnc(C3CC3)n2c1. The number of carbonyl (C=O) groups is 1. The van der Waals surface area contributed by atoms with Crippen LogP contribution in [0.25, 0.3) is 5.52 Å². The summed E-state index contributed by atoms with van der Waals surface area (Å²) in [5, 5.41) is 0. The smallest absolute Gasteiger partial charge is 0.161 e. The van der Waals surface area contributed by atoms with Crippen molar-refractivity contribution < 1.29 is 4.79 Å². The van der Waals surface area contributed by atoms with Crippen LogP contribution in [0.5, 0.6) is 0 Å². The standard InChI is InChI=1S/C12H12N2O/c1-8(15)10-4-5-11-6-13-12(9-2-3-9)14(11)7-10/h4-7,9H,2-3H2,1H3. The zero-order chi connectivity index (χ0) is 10.4. The van der Waals surface area contributed by atoms with Crippen LogP contribution in [0.3, 0.4) is 0 Å². The Morgan fingerprint density at radius 2 is 2.27 bits per heavy atom. The van der Waals surface area contributed by atoms with Crippen LogP contribution in [0.2, 0.25) is 0 Å². The highest BCUT2D eigenvalue weighted by molar-refractivity contribution is 5.94. The van der Waals surface area contributed by atoms with Crippen LogP contribution >= 0.6 is 0 Å². The minimum Gasteiger partial charge on any atom is -0.303 e. The molecule has 0 saturated heterocycles. The van der Waals surface area contributed by atoms with Gasteiger partial charge >= 0.3 is 0 Å². The lowest BCUT2D eigenvalue weighted by Crippen LogP contribution is -1.98. The normalized spacial score (nSPS) is 15.8. The average molecular weight is 200 g/mol.